The molecule has 82 valence electrons. The summed E-state index contributed by atoms with van der Waals surface area (Å²) < 4.78 is 0. The lowest BCUT2D eigenvalue weighted by Crippen LogP contribution is -2.06. The lowest BCUT2D eigenvalue weighted by Gasteiger charge is -2.12. The maximum atomic E-state index is 11.3. The van der Waals surface area contributed by atoms with Gasteiger partial charge in [-0.05, 0) is 30.5 Å². The zero-order valence-corrected chi connectivity index (χ0v) is 10.1. The number of carbonyl (C=O) groups is 1. The van der Waals surface area contributed by atoms with Crippen LogP contribution in [0.3, 0.4) is 0 Å². The molecular weight excluding hydrogens is 208 g/mol. The topological polar surface area (TPSA) is 17.1 Å². The summed E-state index contributed by atoms with van der Waals surface area (Å²) in [6.07, 6.45) is 2.98. The number of aryl methyl sites for hydroxylation is 1. The molecule has 0 radical (unpaired) electrons. The molecule has 15 heavy (non-hydrogen) atoms. The van der Waals surface area contributed by atoms with Gasteiger partial charge in [0.15, 0.2) is 0 Å². The molecule has 2 heteroatoms. The Bertz CT molecular complexity index is 333. The van der Waals surface area contributed by atoms with E-state index in [9.17, 15) is 4.79 Å². The molecule has 0 saturated heterocycles. The smallest absolute Gasteiger partial charge is 0.229 e. The molecule has 1 atom stereocenters. The van der Waals surface area contributed by atoms with Gasteiger partial charge in [-0.25, -0.2) is 0 Å². The molecular formula is C13H17ClO. The number of benzene rings is 1. The zero-order chi connectivity index (χ0) is 11.3. The van der Waals surface area contributed by atoms with E-state index in [2.05, 4.69) is 6.92 Å². The summed E-state index contributed by atoms with van der Waals surface area (Å²) in [5, 5.41) is -0.242. The monoisotopic (exact) mass is 224 g/mol. The van der Waals surface area contributed by atoms with E-state index in [0.717, 1.165) is 24.8 Å². The van der Waals surface area contributed by atoms with Gasteiger partial charge < -0.3 is 0 Å². The summed E-state index contributed by atoms with van der Waals surface area (Å²) in [6, 6.07) is 8.02. The van der Waals surface area contributed by atoms with Crippen LogP contribution in [-0.2, 0) is 4.79 Å². The van der Waals surface area contributed by atoms with Crippen molar-refractivity contribution in [2.75, 3.05) is 0 Å². The molecule has 0 fully saturated rings. The van der Waals surface area contributed by atoms with Crippen molar-refractivity contribution in [3.05, 3.63) is 35.4 Å². The third kappa shape index (κ3) is 3.67. The average molecular weight is 225 g/mol. The molecule has 1 unspecified atom stereocenters. The number of rotatable bonds is 5. The number of halogens is 1. The van der Waals surface area contributed by atoms with Crippen molar-refractivity contribution >= 4 is 16.8 Å². The number of unbranched alkanes of at least 4 members (excludes halogenated alkanes) is 1. The van der Waals surface area contributed by atoms with Crippen molar-refractivity contribution in [2.24, 2.45) is 0 Å². The molecule has 0 N–H and O–H groups in total. The molecule has 0 saturated carbocycles. The van der Waals surface area contributed by atoms with Crippen LogP contribution in [0.15, 0.2) is 24.3 Å². The maximum Gasteiger partial charge on any atom is 0.229 e. The minimum atomic E-state index is -0.242. The molecule has 0 amide bonds. The molecule has 1 aromatic rings. The van der Waals surface area contributed by atoms with E-state index in [-0.39, 0.29) is 11.2 Å². The molecule has 0 aliphatic carbocycles. The van der Waals surface area contributed by atoms with Crippen LogP contribution in [0.1, 0.15) is 43.2 Å². The molecule has 1 rings (SSSR count). The minimum Gasteiger partial charge on any atom is -0.281 e. The van der Waals surface area contributed by atoms with Gasteiger partial charge in [0.25, 0.3) is 0 Å². The molecule has 0 spiro atoms. The first kappa shape index (κ1) is 12.3. The van der Waals surface area contributed by atoms with E-state index < -0.39 is 0 Å². The van der Waals surface area contributed by atoms with Crippen LogP contribution < -0.4 is 0 Å². The van der Waals surface area contributed by atoms with Gasteiger partial charge in [-0.1, -0.05) is 49.6 Å². The van der Waals surface area contributed by atoms with Crippen molar-refractivity contribution in [1.29, 1.82) is 0 Å². The third-order valence-electron chi connectivity index (χ3n) is 2.56. The molecule has 0 bridgehead atoms. The van der Waals surface area contributed by atoms with Gasteiger partial charge in [0, 0.05) is 0 Å². The standard InChI is InChI=1S/C13H17ClO/c1-3-4-8-12(13(14)15)11-7-5-6-10(2)9-11/h5-7,9,12H,3-4,8H2,1-2H3. The van der Waals surface area contributed by atoms with Crippen LogP contribution >= 0.6 is 11.6 Å². The Labute approximate surface area is 96.5 Å². The molecule has 1 nitrogen and oxygen atoms in total. The van der Waals surface area contributed by atoms with Gasteiger partial charge in [-0.3, -0.25) is 4.79 Å². The zero-order valence-electron chi connectivity index (χ0n) is 9.29. The van der Waals surface area contributed by atoms with Gasteiger partial charge >= 0.3 is 0 Å². The first-order chi connectivity index (χ1) is 7.15. The predicted molar refractivity (Wildman–Crippen MR) is 64.3 cm³/mol. The summed E-state index contributed by atoms with van der Waals surface area (Å²) >= 11 is 5.63. The second-order valence-electron chi connectivity index (χ2n) is 3.91. The van der Waals surface area contributed by atoms with Gasteiger partial charge in [0.1, 0.15) is 0 Å². The van der Waals surface area contributed by atoms with Crippen molar-refractivity contribution in [3.8, 4) is 0 Å². The summed E-state index contributed by atoms with van der Waals surface area (Å²) in [4.78, 5) is 11.3. The summed E-state index contributed by atoms with van der Waals surface area (Å²) in [7, 11) is 0. The van der Waals surface area contributed by atoms with Crippen LogP contribution in [0.5, 0.6) is 0 Å². The van der Waals surface area contributed by atoms with E-state index in [0.29, 0.717) is 0 Å². The lowest BCUT2D eigenvalue weighted by atomic mass is 9.94. The first-order valence-electron chi connectivity index (χ1n) is 5.41. The number of carbonyl (C=O) groups excluding carboxylic acids is 1. The third-order valence-corrected chi connectivity index (χ3v) is 2.83. The quantitative estimate of drug-likeness (QED) is 0.690. The Hall–Kier alpha value is -0.820. The van der Waals surface area contributed by atoms with E-state index in [4.69, 9.17) is 11.6 Å². The number of hydrogen-bond donors (Lipinski definition) is 0. The SMILES string of the molecule is CCCCC(C(=O)Cl)c1cccc(C)c1. The Morgan fingerprint density at radius 1 is 1.47 bits per heavy atom. The van der Waals surface area contributed by atoms with Crippen LogP contribution in [0.25, 0.3) is 0 Å². The molecule has 0 heterocycles. The molecule has 0 aromatic heterocycles. The average Bonchev–Trinajstić information content (AvgIpc) is 2.18. The molecule has 1 aromatic carbocycles. The van der Waals surface area contributed by atoms with E-state index in [1.165, 1.54) is 5.56 Å². The second-order valence-corrected chi connectivity index (χ2v) is 4.29. The molecule has 0 aliphatic rings. The highest BCUT2D eigenvalue weighted by atomic mass is 35.5. The van der Waals surface area contributed by atoms with E-state index in [1.54, 1.807) is 0 Å². The Morgan fingerprint density at radius 2 is 2.20 bits per heavy atom. The van der Waals surface area contributed by atoms with Gasteiger partial charge in [0.05, 0.1) is 5.92 Å². The van der Waals surface area contributed by atoms with E-state index >= 15 is 0 Å². The molecule has 0 aliphatic heterocycles. The fourth-order valence-corrected chi connectivity index (χ4v) is 1.94. The fraction of sp³-hybridized carbons (Fsp3) is 0.462. The van der Waals surface area contributed by atoms with Gasteiger partial charge in [-0.2, -0.15) is 0 Å². The van der Waals surface area contributed by atoms with Crippen LogP contribution in [-0.4, -0.2) is 5.24 Å². The Morgan fingerprint density at radius 3 is 2.73 bits per heavy atom. The fourth-order valence-electron chi connectivity index (χ4n) is 1.71. The second kappa shape index (κ2) is 5.92. The van der Waals surface area contributed by atoms with Crippen LogP contribution in [0.4, 0.5) is 0 Å². The first-order valence-corrected chi connectivity index (χ1v) is 5.79. The van der Waals surface area contributed by atoms with E-state index in [1.807, 2.05) is 31.2 Å². The van der Waals surface area contributed by atoms with Crippen molar-refractivity contribution in [1.82, 2.24) is 0 Å². The van der Waals surface area contributed by atoms with Crippen LogP contribution in [0.2, 0.25) is 0 Å². The summed E-state index contributed by atoms with van der Waals surface area (Å²) in [5.41, 5.74) is 2.22. The largest absolute Gasteiger partial charge is 0.281 e. The Balaban J connectivity index is 2.84. The van der Waals surface area contributed by atoms with Crippen molar-refractivity contribution in [3.63, 3.8) is 0 Å². The lowest BCUT2D eigenvalue weighted by molar-refractivity contribution is -0.113. The summed E-state index contributed by atoms with van der Waals surface area (Å²) in [5.74, 6) is -0.133. The summed E-state index contributed by atoms with van der Waals surface area (Å²) in [6.45, 7) is 4.14. The van der Waals surface area contributed by atoms with Crippen molar-refractivity contribution < 1.29 is 4.79 Å². The normalized spacial score (nSPS) is 12.5. The predicted octanol–water partition coefficient (Wildman–Crippen LogP) is 4.03. The maximum absolute atomic E-state index is 11.3. The van der Waals surface area contributed by atoms with Crippen LogP contribution in [0, 0.1) is 6.92 Å². The highest BCUT2D eigenvalue weighted by molar-refractivity contribution is 6.64. The van der Waals surface area contributed by atoms with Gasteiger partial charge in [0.2, 0.25) is 5.24 Å². The highest BCUT2D eigenvalue weighted by Crippen LogP contribution is 2.25. The minimum absolute atomic E-state index is 0.133. The number of hydrogen-bond acceptors (Lipinski definition) is 1. The van der Waals surface area contributed by atoms with Crippen molar-refractivity contribution in [2.45, 2.75) is 39.0 Å². The highest BCUT2D eigenvalue weighted by Gasteiger charge is 2.17. The Kier molecular flexibility index (Phi) is 4.83. The van der Waals surface area contributed by atoms with Gasteiger partial charge in [-0.15, -0.1) is 0 Å².